The van der Waals surface area contributed by atoms with Crippen molar-refractivity contribution >= 4 is 5.97 Å². The number of fused-ring (bicyclic) bond motifs is 1. The maximum Gasteiger partial charge on any atom is 0.338 e. The molecule has 2 atom stereocenters. The highest BCUT2D eigenvalue weighted by Gasteiger charge is 2.27. The number of nitrogens with one attached hydrogen (secondary N) is 2. The Labute approximate surface area is 112 Å². The summed E-state index contributed by atoms with van der Waals surface area (Å²) in [4.78, 5) is 11.5. The van der Waals surface area contributed by atoms with E-state index in [-0.39, 0.29) is 24.7 Å². The van der Waals surface area contributed by atoms with E-state index in [1.54, 1.807) is 0 Å². The number of cyclic esters (lactones) is 1. The second-order valence-electron chi connectivity index (χ2n) is 5.13. The predicted molar refractivity (Wildman–Crippen MR) is 69.9 cm³/mol. The van der Waals surface area contributed by atoms with Gasteiger partial charge in [0.2, 0.25) is 0 Å². The summed E-state index contributed by atoms with van der Waals surface area (Å²) in [6.45, 7) is 4.08. The summed E-state index contributed by atoms with van der Waals surface area (Å²) in [7, 11) is 0. The fraction of sp³-hybridized carbons (Fsp3) is 0.500. The Morgan fingerprint density at radius 2 is 2.21 bits per heavy atom. The minimum absolute atomic E-state index is 0.121. The average molecular weight is 262 g/mol. The van der Waals surface area contributed by atoms with Gasteiger partial charge in [-0.05, 0) is 24.1 Å². The van der Waals surface area contributed by atoms with E-state index in [1.807, 2.05) is 19.1 Å². The van der Waals surface area contributed by atoms with Crippen molar-refractivity contribution in [3.63, 3.8) is 0 Å². The first kappa shape index (κ1) is 12.6. The third kappa shape index (κ3) is 2.14. The van der Waals surface area contributed by atoms with Crippen molar-refractivity contribution < 1.29 is 14.6 Å². The van der Waals surface area contributed by atoms with Gasteiger partial charge < -0.3 is 20.5 Å². The normalized spacial score (nSPS) is 26.1. The van der Waals surface area contributed by atoms with E-state index in [4.69, 9.17) is 9.84 Å². The number of ether oxygens (including phenoxy) is 1. The van der Waals surface area contributed by atoms with Crippen LogP contribution >= 0.6 is 0 Å². The molecule has 0 saturated carbocycles. The van der Waals surface area contributed by atoms with Gasteiger partial charge in [-0.15, -0.1) is 0 Å². The van der Waals surface area contributed by atoms with Crippen LogP contribution in [0.4, 0.5) is 0 Å². The van der Waals surface area contributed by atoms with Crippen LogP contribution in [0.25, 0.3) is 0 Å². The van der Waals surface area contributed by atoms with Gasteiger partial charge in [0.25, 0.3) is 0 Å². The van der Waals surface area contributed by atoms with Crippen molar-refractivity contribution in [2.24, 2.45) is 0 Å². The van der Waals surface area contributed by atoms with Gasteiger partial charge in [-0.3, -0.25) is 0 Å². The maximum atomic E-state index is 11.5. The van der Waals surface area contributed by atoms with Gasteiger partial charge in [0.05, 0.1) is 12.2 Å². The van der Waals surface area contributed by atoms with Gasteiger partial charge in [-0.25, -0.2) is 4.79 Å². The van der Waals surface area contributed by atoms with Gasteiger partial charge in [0.15, 0.2) is 0 Å². The van der Waals surface area contributed by atoms with Crippen molar-refractivity contribution in [1.29, 1.82) is 0 Å². The molecule has 102 valence electrons. The Balaban J connectivity index is 1.85. The lowest BCUT2D eigenvalue weighted by molar-refractivity contribution is 0.0535. The number of aliphatic hydroxyl groups is 1. The molecule has 1 aromatic carbocycles. The van der Waals surface area contributed by atoms with Crippen molar-refractivity contribution in [1.82, 2.24) is 10.6 Å². The quantitative estimate of drug-likeness (QED) is 0.667. The van der Waals surface area contributed by atoms with Crippen LogP contribution in [0.5, 0.6) is 0 Å². The van der Waals surface area contributed by atoms with E-state index in [1.165, 1.54) is 5.56 Å². The summed E-state index contributed by atoms with van der Waals surface area (Å²) in [5.74, 6) is -0.222. The molecule has 0 aromatic heterocycles. The first-order valence-corrected chi connectivity index (χ1v) is 6.58. The van der Waals surface area contributed by atoms with Crippen LogP contribution in [-0.4, -0.2) is 36.8 Å². The van der Waals surface area contributed by atoms with Gasteiger partial charge >= 0.3 is 5.97 Å². The molecule has 5 heteroatoms. The monoisotopic (exact) mass is 262 g/mol. The van der Waals surface area contributed by atoms with Crippen LogP contribution in [-0.2, 0) is 11.3 Å². The highest BCUT2D eigenvalue weighted by molar-refractivity contribution is 5.93. The van der Waals surface area contributed by atoms with Crippen LogP contribution in [0.2, 0.25) is 0 Å². The smallest absolute Gasteiger partial charge is 0.338 e. The Hall–Kier alpha value is -1.43. The lowest BCUT2D eigenvalue weighted by Crippen LogP contribution is -2.51. The summed E-state index contributed by atoms with van der Waals surface area (Å²) < 4.78 is 5.07. The zero-order chi connectivity index (χ0) is 13.4. The molecule has 0 amide bonds. The van der Waals surface area contributed by atoms with Crippen molar-refractivity contribution in [2.75, 3.05) is 19.7 Å². The summed E-state index contributed by atoms with van der Waals surface area (Å²) >= 11 is 0. The lowest BCUT2D eigenvalue weighted by Gasteiger charge is -2.31. The number of benzene rings is 1. The topological polar surface area (TPSA) is 70.6 Å². The molecular formula is C14H18N2O3. The Kier molecular flexibility index (Phi) is 3.26. The molecule has 2 aliphatic rings. The maximum absolute atomic E-state index is 11.5. The number of aliphatic hydroxyl groups excluding tert-OH is 1. The number of esters is 1. The minimum Gasteiger partial charge on any atom is -0.457 e. The molecule has 2 unspecified atom stereocenters. The summed E-state index contributed by atoms with van der Waals surface area (Å²) in [5.41, 5.74) is 4.03. The van der Waals surface area contributed by atoms with E-state index in [9.17, 15) is 4.79 Å². The fourth-order valence-corrected chi connectivity index (χ4v) is 2.81. The predicted octanol–water partition coefficient (Wildman–Crippen LogP) is 0.260. The van der Waals surface area contributed by atoms with Crippen LogP contribution in [0.15, 0.2) is 12.1 Å². The van der Waals surface area contributed by atoms with Crippen LogP contribution in [0.1, 0.15) is 33.1 Å². The molecule has 2 heterocycles. The van der Waals surface area contributed by atoms with Gasteiger partial charge in [0, 0.05) is 30.7 Å². The van der Waals surface area contributed by atoms with E-state index >= 15 is 0 Å². The molecule has 0 aliphatic carbocycles. The zero-order valence-electron chi connectivity index (χ0n) is 10.9. The number of carbonyl (C=O) groups excluding carboxylic acids is 1. The molecular weight excluding hydrogens is 244 g/mol. The third-order valence-electron chi connectivity index (χ3n) is 4.02. The molecule has 5 nitrogen and oxygen atoms in total. The molecule has 0 spiro atoms. The molecule has 1 saturated heterocycles. The Bertz CT molecular complexity index is 508. The number of carbonyl (C=O) groups is 1. The highest BCUT2D eigenvalue weighted by Crippen LogP contribution is 2.29. The van der Waals surface area contributed by atoms with Crippen LogP contribution in [0, 0.1) is 6.92 Å². The van der Waals surface area contributed by atoms with Crippen molar-refractivity contribution in [3.8, 4) is 0 Å². The van der Waals surface area contributed by atoms with Crippen LogP contribution < -0.4 is 10.6 Å². The van der Waals surface area contributed by atoms with Crippen molar-refractivity contribution in [3.05, 3.63) is 34.4 Å². The Morgan fingerprint density at radius 3 is 2.89 bits per heavy atom. The fourth-order valence-electron chi connectivity index (χ4n) is 2.81. The summed E-state index contributed by atoms with van der Waals surface area (Å²) in [6.07, 6.45) is 0. The standard InChI is InChI=1S/C14H18N2O3/c1-8-10(13-5-15-9(6-17)4-16-13)2-3-11-12(8)7-19-14(11)18/h2-3,9,13,15-17H,4-7H2,1H3. The zero-order valence-corrected chi connectivity index (χ0v) is 10.9. The van der Waals surface area contributed by atoms with Crippen molar-refractivity contribution in [2.45, 2.75) is 25.6 Å². The average Bonchev–Trinajstić information content (AvgIpc) is 2.82. The molecule has 19 heavy (non-hydrogen) atoms. The van der Waals surface area contributed by atoms with Gasteiger partial charge in [-0.1, -0.05) is 6.07 Å². The second-order valence-corrected chi connectivity index (χ2v) is 5.13. The van der Waals surface area contributed by atoms with Crippen LogP contribution in [0.3, 0.4) is 0 Å². The lowest BCUT2D eigenvalue weighted by atomic mass is 9.93. The summed E-state index contributed by atoms with van der Waals surface area (Å²) in [5, 5.41) is 15.8. The molecule has 1 fully saturated rings. The SMILES string of the molecule is Cc1c(C2CNC(CO)CN2)ccc2c1COC2=O. The third-order valence-corrected chi connectivity index (χ3v) is 4.02. The second kappa shape index (κ2) is 4.92. The number of hydrogen-bond donors (Lipinski definition) is 3. The molecule has 0 radical (unpaired) electrons. The molecule has 0 bridgehead atoms. The Morgan fingerprint density at radius 1 is 1.37 bits per heavy atom. The minimum atomic E-state index is -0.222. The first-order valence-electron chi connectivity index (χ1n) is 6.58. The highest BCUT2D eigenvalue weighted by atomic mass is 16.5. The molecule has 3 N–H and O–H groups in total. The summed E-state index contributed by atoms with van der Waals surface area (Å²) in [6, 6.07) is 4.19. The van der Waals surface area contributed by atoms with E-state index in [2.05, 4.69) is 10.6 Å². The number of rotatable bonds is 2. The van der Waals surface area contributed by atoms with E-state index in [0.717, 1.165) is 24.2 Å². The largest absolute Gasteiger partial charge is 0.457 e. The number of piperazine rings is 1. The molecule has 2 aliphatic heterocycles. The van der Waals surface area contributed by atoms with Gasteiger partial charge in [-0.2, -0.15) is 0 Å². The first-order chi connectivity index (χ1) is 9.20. The van der Waals surface area contributed by atoms with Gasteiger partial charge in [0.1, 0.15) is 6.61 Å². The molecule has 3 rings (SSSR count). The van der Waals surface area contributed by atoms with E-state index < -0.39 is 0 Å². The number of hydrogen-bond acceptors (Lipinski definition) is 5. The van der Waals surface area contributed by atoms with E-state index in [0.29, 0.717) is 12.2 Å². The molecule has 1 aromatic rings.